The third kappa shape index (κ3) is 3.95. The van der Waals surface area contributed by atoms with Crippen molar-refractivity contribution in [1.29, 1.82) is 0 Å². The van der Waals surface area contributed by atoms with Crippen LogP contribution < -0.4 is 15.0 Å². The van der Waals surface area contributed by atoms with Gasteiger partial charge in [-0.2, -0.15) is 0 Å². The van der Waals surface area contributed by atoms with Crippen molar-refractivity contribution in [3.63, 3.8) is 0 Å². The predicted molar refractivity (Wildman–Crippen MR) is 103 cm³/mol. The fourth-order valence-corrected chi connectivity index (χ4v) is 2.70. The molecule has 0 spiro atoms. The largest absolute Gasteiger partial charge is 0.497 e. The van der Waals surface area contributed by atoms with Crippen molar-refractivity contribution in [1.82, 2.24) is 5.32 Å². The number of benzene rings is 2. The number of barbiturate groups is 1. The SMILES string of the molecule is COc1ccc(N2C(=O)NC(=O)[C@H](C=Nc3cc([N+](=O)[O-])ccc3C)C2=O)cc1. The van der Waals surface area contributed by atoms with Gasteiger partial charge in [-0.15, -0.1) is 0 Å². The van der Waals surface area contributed by atoms with Gasteiger partial charge in [-0.3, -0.25) is 30.0 Å². The van der Waals surface area contributed by atoms with Gasteiger partial charge in [0, 0.05) is 18.3 Å². The summed E-state index contributed by atoms with van der Waals surface area (Å²) in [6, 6.07) is 9.36. The molecule has 4 amide bonds. The number of carbonyl (C=O) groups is 3. The van der Waals surface area contributed by atoms with Crippen LogP contribution in [-0.4, -0.2) is 36.1 Å². The molecule has 3 rings (SSSR count). The molecule has 148 valence electrons. The molecule has 1 aliphatic rings. The van der Waals surface area contributed by atoms with Gasteiger partial charge in [-0.25, -0.2) is 9.69 Å². The Balaban J connectivity index is 1.90. The van der Waals surface area contributed by atoms with Crippen molar-refractivity contribution in [2.24, 2.45) is 10.9 Å². The second-order valence-electron chi connectivity index (χ2n) is 6.15. The molecule has 2 aromatic rings. The molecule has 0 aromatic heterocycles. The number of nitro groups is 1. The van der Waals surface area contributed by atoms with Crippen LogP contribution in [0.3, 0.4) is 0 Å². The summed E-state index contributed by atoms with van der Waals surface area (Å²) in [5, 5.41) is 13.1. The van der Waals surface area contributed by atoms with E-state index in [2.05, 4.69) is 10.3 Å². The van der Waals surface area contributed by atoms with E-state index in [0.29, 0.717) is 11.3 Å². The van der Waals surface area contributed by atoms with E-state index in [9.17, 15) is 24.5 Å². The molecule has 0 aliphatic carbocycles. The maximum Gasteiger partial charge on any atom is 0.335 e. The normalized spacial score (nSPS) is 16.8. The number of rotatable bonds is 5. The van der Waals surface area contributed by atoms with Crippen molar-refractivity contribution >= 4 is 41.1 Å². The van der Waals surface area contributed by atoms with Gasteiger partial charge in [0.05, 0.1) is 23.4 Å². The molecule has 1 fully saturated rings. The Morgan fingerprint density at radius 1 is 1.17 bits per heavy atom. The number of methoxy groups -OCH3 is 1. The summed E-state index contributed by atoms with van der Waals surface area (Å²) in [4.78, 5) is 52.4. The number of imide groups is 2. The van der Waals surface area contributed by atoms with Crippen LogP contribution in [0.15, 0.2) is 47.5 Å². The minimum absolute atomic E-state index is 0.169. The first-order valence-corrected chi connectivity index (χ1v) is 8.44. The van der Waals surface area contributed by atoms with Crippen LogP contribution in [-0.2, 0) is 9.59 Å². The van der Waals surface area contributed by atoms with Gasteiger partial charge in [-0.05, 0) is 36.8 Å². The molecular weight excluding hydrogens is 380 g/mol. The maximum atomic E-state index is 12.8. The predicted octanol–water partition coefficient (Wildman–Crippen LogP) is 2.51. The average Bonchev–Trinajstić information content (AvgIpc) is 2.69. The zero-order valence-electron chi connectivity index (χ0n) is 15.5. The quantitative estimate of drug-likeness (QED) is 0.357. The summed E-state index contributed by atoms with van der Waals surface area (Å²) >= 11 is 0. The molecule has 1 saturated heterocycles. The van der Waals surface area contributed by atoms with Gasteiger partial charge >= 0.3 is 6.03 Å². The zero-order valence-corrected chi connectivity index (χ0v) is 15.5. The number of ether oxygens (including phenoxy) is 1. The second-order valence-corrected chi connectivity index (χ2v) is 6.15. The highest BCUT2D eigenvalue weighted by Gasteiger charge is 2.40. The molecule has 0 radical (unpaired) electrons. The molecule has 0 bridgehead atoms. The van der Waals surface area contributed by atoms with E-state index in [4.69, 9.17) is 4.74 Å². The number of nitrogens with one attached hydrogen (secondary N) is 1. The molecule has 10 heteroatoms. The highest BCUT2D eigenvalue weighted by Crippen LogP contribution is 2.26. The molecule has 2 aromatic carbocycles. The number of carbonyl (C=O) groups excluding carboxylic acids is 3. The third-order valence-electron chi connectivity index (χ3n) is 4.30. The molecule has 1 atom stereocenters. The Morgan fingerprint density at radius 3 is 2.48 bits per heavy atom. The molecule has 0 saturated carbocycles. The summed E-state index contributed by atoms with van der Waals surface area (Å²) in [6.07, 6.45) is 1.08. The van der Waals surface area contributed by atoms with E-state index in [1.54, 1.807) is 19.1 Å². The van der Waals surface area contributed by atoms with Gasteiger partial charge in [0.1, 0.15) is 5.75 Å². The molecule has 1 heterocycles. The number of hydrogen-bond acceptors (Lipinski definition) is 7. The molecule has 1 aliphatic heterocycles. The Morgan fingerprint density at radius 2 is 1.86 bits per heavy atom. The lowest BCUT2D eigenvalue weighted by Crippen LogP contribution is -2.58. The Hall–Kier alpha value is -4.08. The lowest BCUT2D eigenvalue weighted by Gasteiger charge is -2.28. The number of nitrogens with zero attached hydrogens (tertiary/aromatic N) is 3. The van der Waals surface area contributed by atoms with Gasteiger partial charge in [0.2, 0.25) is 5.91 Å². The lowest BCUT2D eigenvalue weighted by atomic mass is 10.1. The van der Waals surface area contributed by atoms with Crippen LogP contribution in [0.2, 0.25) is 0 Å². The van der Waals surface area contributed by atoms with E-state index >= 15 is 0 Å². The first kappa shape index (κ1) is 19.7. The summed E-state index contributed by atoms with van der Waals surface area (Å²) in [5.74, 6) is -2.44. The number of hydrogen-bond donors (Lipinski definition) is 1. The third-order valence-corrected chi connectivity index (χ3v) is 4.30. The maximum absolute atomic E-state index is 12.8. The molecule has 10 nitrogen and oxygen atoms in total. The summed E-state index contributed by atoms with van der Waals surface area (Å²) < 4.78 is 5.05. The van der Waals surface area contributed by atoms with Crippen molar-refractivity contribution < 1.29 is 24.0 Å². The zero-order chi connectivity index (χ0) is 21.1. The highest BCUT2D eigenvalue weighted by molar-refractivity contribution is 6.32. The van der Waals surface area contributed by atoms with E-state index in [1.807, 2.05) is 0 Å². The second kappa shape index (κ2) is 7.89. The summed E-state index contributed by atoms with van der Waals surface area (Å²) in [7, 11) is 1.48. The number of amides is 4. The number of urea groups is 1. The topological polar surface area (TPSA) is 131 Å². The molecule has 1 N–H and O–H groups in total. The van der Waals surface area contributed by atoms with Gasteiger partial charge in [-0.1, -0.05) is 6.07 Å². The molecule has 29 heavy (non-hydrogen) atoms. The van der Waals surface area contributed by atoms with Gasteiger partial charge in [0.15, 0.2) is 5.92 Å². The minimum atomic E-state index is -1.37. The van der Waals surface area contributed by atoms with Crippen LogP contribution in [0, 0.1) is 23.0 Å². The highest BCUT2D eigenvalue weighted by atomic mass is 16.6. The van der Waals surface area contributed by atoms with E-state index in [0.717, 1.165) is 11.1 Å². The van der Waals surface area contributed by atoms with Crippen molar-refractivity contribution in [3.05, 3.63) is 58.1 Å². The van der Waals surface area contributed by atoms with Crippen LogP contribution >= 0.6 is 0 Å². The summed E-state index contributed by atoms with van der Waals surface area (Å²) in [5.41, 5.74) is 0.953. The van der Waals surface area contributed by atoms with Crippen LogP contribution in [0.25, 0.3) is 0 Å². The molecular formula is C19H16N4O6. The minimum Gasteiger partial charge on any atom is -0.497 e. The van der Waals surface area contributed by atoms with Crippen LogP contribution in [0.1, 0.15) is 5.56 Å². The van der Waals surface area contributed by atoms with Crippen molar-refractivity contribution in [2.45, 2.75) is 6.92 Å². The number of aliphatic imine (C=N–C) groups is 1. The average molecular weight is 396 g/mol. The fraction of sp³-hybridized carbons (Fsp3) is 0.158. The van der Waals surface area contributed by atoms with Crippen molar-refractivity contribution in [3.8, 4) is 5.75 Å². The summed E-state index contributed by atoms with van der Waals surface area (Å²) in [6.45, 7) is 1.69. The Bertz CT molecular complexity index is 1030. The molecule has 0 unspecified atom stereocenters. The standard InChI is InChI=1S/C19H16N4O6/c1-11-3-4-13(23(27)28)9-16(11)20-10-15-17(24)21-19(26)22(18(15)25)12-5-7-14(29-2)8-6-12/h3-10,15H,1-2H3,(H,21,24,26)/t15-/m0/s1. The van der Waals surface area contributed by atoms with Crippen LogP contribution in [0.5, 0.6) is 5.75 Å². The number of nitro benzene ring substituents is 1. The lowest BCUT2D eigenvalue weighted by molar-refractivity contribution is -0.384. The van der Waals surface area contributed by atoms with Crippen LogP contribution in [0.4, 0.5) is 21.9 Å². The first-order chi connectivity index (χ1) is 13.8. The van der Waals surface area contributed by atoms with E-state index in [1.165, 1.54) is 37.4 Å². The number of non-ortho nitro benzene ring substituents is 1. The monoisotopic (exact) mass is 396 g/mol. The Labute approximate surface area is 164 Å². The first-order valence-electron chi connectivity index (χ1n) is 8.44. The van der Waals surface area contributed by atoms with E-state index in [-0.39, 0.29) is 17.1 Å². The van der Waals surface area contributed by atoms with Crippen molar-refractivity contribution in [2.75, 3.05) is 12.0 Å². The smallest absolute Gasteiger partial charge is 0.335 e. The number of aryl methyl sites for hydroxylation is 1. The number of anilines is 1. The van der Waals surface area contributed by atoms with E-state index < -0.39 is 28.7 Å². The van der Waals surface area contributed by atoms with Gasteiger partial charge in [0.25, 0.3) is 11.6 Å². The van der Waals surface area contributed by atoms with Gasteiger partial charge < -0.3 is 4.74 Å². The Kier molecular flexibility index (Phi) is 5.35. The fourth-order valence-electron chi connectivity index (χ4n) is 2.70.